The fraction of sp³-hybridized carbons (Fsp3) is 0.833. The van der Waals surface area contributed by atoms with Gasteiger partial charge in [-0.05, 0) is 50.9 Å². The smallest absolute Gasteiger partial charge is 0.293 e. The van der Waals surface area contributed by atoms with Crippen molar-refractivity contribution >= 4 is 12.3 Å². The van der Waals surface area contributed by atoms with Gasteiger partial charge in [-0.2, -0.15) is 0 Å². The Bertz CT molecular complexity index is 338. The molecule has 4 rings (SSSR count). The quantitative estimate of drug-likeness (QED) is 0.663. The Balaban J connectivity index is 1.98. The van der Waals surface area contributed by atoms with E-state index in [4.69, 9.17) is 4.74 Å². The number of hydrogen-bond donors (Lipinski definition) is 0. The Kier molecular flexibility index (Phi) is 1.64. The molecule has 0 aliphatic heterocycles. The van der Waals surface area contributed by atoms with Crippen LogP contribution in [0.2, 0.25) is 0 Å². The molecule has 4 unspecified atom stereocenters. The van der Waals surface area contributed by atoms with Gasteiger partial charge in [0.1, 0.15) is 11.4 Å². The number of carbonyl (C=O) groups is 2. The van der Waals surface area contributed by atoms with Gasteiger partial charge in [0.2, 0.25) is 0 Å². The van der Waals surface area contributed by atoms with E-state index in [2.05, 4.69) is 0 Å². The minimum absolute atomic E-state index is 0.133. The van der Waals surface area contributed by atoms with Gasteiger partial charge in [-0.15, -0.1) is 0 Å². The standard InChI is InChI=1S/C12H16O3/c1-8(14)12-4-9-2-10(12)5-11(3-9,6-12)15-7-13/h7,9-10H,2-6H2,1H3. The summed E-state index contributed by atoms with van der Waals surface area (Å²) in [5.74, 6) is 1.40. The summed E-state index contributed by atoms with van der Waals surface area (Å²) in [5, 5.41) is 0. The molecule has 4 fully saturated rings. The summed E-state index contributed by atoms with van der Waals surface area (Å²) in [4.78, 5) is 22.4. The lowest BCUT2D eigenvalue weighted by atomic mass is 9.71. The van der Waals surface area contributed by atoms with Gasteiger partial charge in [-0.3, -0.25) is 9.59 Å². The summed E-state index contributed by atoms with van der Waals surface area (Å²) < 4.78 is 5.30. The Morgan fingerprint density at radius 1 is 1.40 bits per heavy atom. The lowest BCUT2D eigenvalue weighted by Gasteiger charge is -2.38. The molecule has 15 heavy (non-hydrogen) atoms. The maximum Gasteiger partial charge on any atom is 0.293 e. The first-order valence-electron chi connectivity index (χ1n) is 5.73. The summed E-state index contributed by atoms with van der Waals surface area (Å²) in [6.45, 7) is 2.28. The van der Waals surface area contributed by atoms with Crippen LogP contribution in [0.25, 0.3) is 0 Å². The maximum atomic E-state index is 11.8. The van der Waals surface area contributed by atoms with Crippen LogP contribution in [0.1, 0.15) is 39.0 Å². The van der Waals surface area contributed by atoms with Gasteiger partial charge in [0.05, 0.1) is 0 Å². The summed E-state index contributed by atoms with van der Waals surface area (Å²) >= 11 is 0. The topological polar surface area (TPSA) is 43.4 Å². The monoisotopic (exact) mass is 208 g/mol. The predicted molar refractivity (Wildman–Crippen MR) is 53.1 cm³/mol. The highest BCUT2D eigenvalue weighted by Gasteiger charge is 2.67. The Labute approximate surface area is 89.2 Å². The molecule has 4 atom stereocenters. The second kappa shape index (κ2) is 2.63. The van der Waals surface area contributed by atoms with E-state index in [-0.39, 0.29) is 11.0 Å². The molecule has 0 N–H and O–H groups in total. The number of ketones is 1. The van der Waals surface area contributed by atoms with Crippen LogP contribution in [0, 0.1) is 17.3 Å². The normalized spacial score (nSPS) is 50.7. The van der Waals surface area contributed by atoms with Crippen LogP contribution < -0.4 is 0 Å². The first-order valence-corrected chi connectivity index (χ1v) is 5.73. The van der Waals surface area contributed by atoms with Crippen LogP contribution in [-0.2, 0) is 14.3 Å². The highest BCUT2D eigenvalue weighted by molar-refractivity contribution is 5.84. The molecular formula is C12H16O3. The molecule has 0 saturated heterocycles. The highest BCUT2D eigenvalue weighted by atomic mass is 16.5. The number of carbonyl (C=O) groups excluding carboxylic acids is 2. The van der Waals surface area contributed by atoms with E-state index in [9.17, 15) is 9.59 Å². The number of rotatable bonds is 3. The predicted octanol–water partition coefficient (Wildman–Crippen LogP) is 1.70. The molecule has 4 aliphatic rings. The average Bonchev–Trinajstić information content (AvgIpc) is 2.51. The van der Waals surface area contributed by atoms with E-state index >= 15 is 0 Å². The van der Waals surface area contributed by atoms with Crippen molar-refractivity contribution in [1.82, 2.24) is 0 Å². The molecule has 4 saturated carbocycles. The fourth-order valence-electron chi connectivity index (χ4n) is 4.62. The molecule has 0 spiro atoms. The average molecular weight is 208 g/mol. The molecule has 4 aliphatic carbocycles. The van der Waals surface area contributed by atoms with Crippen molar-refractivity contribution in [3.63, 3.8) is 0 Å². The van der Waals surface area contributed by atoms with Crippen molar-refractivity contribution in [2.45, 2.75) is 44.6 Å². The molecule has 0 aromatic carbocycles. The van der Waals surface area contributed by atoms with Crippen LogP contribution in [0.5, 0.6) is 0 Å². The summed E-state index contributed by atoms with van der Waals surface area (Å²) in [6, 6.07) is 0. The van der Waals surface area contributed by atoms with Crippen molar-refractivity contribution in [2.75, 3.05) is 0 Å². The SMILES string of the molecule is CC(=O)C12CC3CC1CC(OC=O)(C3)C2. The number of ether oxygens (including phenoxy) is 1. The van der Waals surface area contributed by atoms with Crippen LogP contribution in [0.4, 0.5) is 0 Å². The van der Waals surface area contributed by atoms with Gasteiger partial charge in [0.15, 0.2) is 0 Å². The fourth-order valence-corrected chi connectivity index (χ4v) is 4.62. The lowest BCUT2D eigenvalue weighted by Crippen LogP contribution is -2.40. The van der Waals surface area contributed by atoms with Crippen LogP contribution in [0.3, 0.4) is 0 Å². The second-order valence-corrected chi connectivity index (χ2v) is 5.70. The molecular weight excluding hydrogens is 192 g/mol. The molecule has 0 radical (unpaired) electrons. The van der Waals surface area contributed by atoms with E-state index in [0.29, 0.717) is 24.1 Å². The number of hydrogen-bond acceptors (Lipinski definition) is 3. The largest absolute Gasteiger partial charge is 0.461 e. The zero-order chi connectivity index (χ0) is 10.7. The maximum absolute atomic E-state index is 11.8. The molecule has 4 bridgehead atoms. The minimum atomic E-state index is -0.279. The molecule has 3 heteroatoms. The molecule has 82 valence electrons. The molecule has 0 aromatic rings. The molecule has 0 amide bonds. The third-order valence-electron chi connectivity index (χ3n) is 4.97. The summed E-state index contributed by atoms with van der Waals surface area (Å²) in [6.07, 6.45) is 4.90. The first kappa shape index (κ1) is 9.37. The third kappa shape index (κ3) is 1.01. The Morgan fingerprint density at radius 3 is 2.80 bits per heavy atom. The van der Waals surface area contributed by atoms with Gasteiger partial charge in [0.25, 0.3) is 6.47 Å². The van der Waals surface area contributed by atoms with Crippen molar-refractivity contribution in [3.8, 4) is 0 Å². The van der Waals surface area contributed by atoms with E-state index in [1.54, 1.807) is 6.92 Å². The molecule has 3 nitrogen and oxygen atoms in total. The van der Waals surface area contributed by atoms with Gasteiger partial charge in [0, 0.05) is 5.41 Å². The van der Waals surface area contributed by atoms with Crippen LogP contribution in [-0.4, -0.2) is 17.9 Å². The molecule has 0 aromatic heterocycles. The van der Waals surface area contributed by atoms with Crippen molar-refractivity contribution in [3.05, 3.63) is 0 Å². The zero-order valence-electron chi connectivity index (χ0n) is 8.99. The van der Waals surface area contributed by atoms with Crippen molar-refractivity contribution in [1.29, 1.82) is 0 Å². The first-order chi connectivity index (χ1) is 7.10. The zero-order valence-corrected chi connectivity index (χ0v) is 8.99. The van der Waals surface area contributed by atoms with E-state index in [1.807, 2.05) is 0 Å². The lowest BCUT2D eigenvalue weighted by molar-refractivity contribution is -0.151. The minimum Gasteiger partial charge on any atom is -0.461 e. The Morgan fingerprint density at radius 2 is 2.20 bits per heavy atom. The third-order valence-corrected chi connectivity index (χ3v) is 4.97. The van der Waals surface area contributed by atoms with Crippen LogP contribution >= 0.6 is 0 Å². The molecule has 0 heterocycles. The van der Waals surface area contributed by atoms with Crippen molar-refractivity contribution in [2.24, 2.45) is 17.3 Å². The van der Waals surface area contributed by atoms with Gasteiger partial charge in [-0.25, -0.2) is 0 Å². The summed E-state index contributed by atoms with van der Waals surface area (Å²) in [5.41, 5.74) is -0.412. The van der Waals surface area contributed by atoms with Gasteiger partial charge < -0.3 is 4.74 Å². The van der Waals surface area contributed by atoms with Gasteiger partial charge >= 0.3 is 0 Å². The van der Waals surface area contributed by atoms with Crippen LogP contribution in [0.15, 0.2) is 0 Å². The van der Waals surface area contributed by atoms with Crippen molar-refractivity contribution < 1.29 is 14.3 Å². The Hall–Kier alpha value is -0.860. The summed E-state index contributed by atoms with van der Waals surface area (Å²) in [7, 11) is 0. The van der Waals surface area contributed by atoms with E-state index in [0.717, 1.165) is 25.7 Å². The number of Topliss-reactive ketones (excluding diaryl/α,β-unsaturated/α-hetero) is 1. The van der Waals surface area contributed by atoms with Gasteiger partial charge in [-0.1, -0.05) is 0 Å². The van der Waals surface area contributed by atoms with E-state index in [1.165, 1.54) is 6.42 Å². The second-order valence-electron chi connectivity index (χ2n) is 5.70. The highest BCUT2D eigenvalue weighted by Crippen LogP contribution is 2.68. The van der Waals surface area contributed by atoms with E-state index < -0.39 is 0 Å².